The molecule has 122 valence electrons. The molecule has 4 heteroatoms. The van der Waals surface area contributed by atoms with Gasteiger partial charge in [-0.05, 0) is 64.4 Å². The van der Waals surface area contributed by atoms with Crippen molar-refractivity contribution in [2.75, 3.05) is 6.26 Å². The van der Waals surface area contributed by atoms with Crippen LogP contribution in [0.2, 0.25) is 0 Å². The summed E-state index contributed by atoms with van der Waals surface area (Å²) in [5.41, 5.74) is 2.79. The number of halogens is 1. The standard InChI is InChI=1S/C20H17FO2S/c1-24-18-6-2-13(3-7-18)8-16-10-14(11-20(22)23)9-15-4-5-17(21)12-19(15)16/h2-7,9-10,12H,8,11H2,1H3,(H,22,23). The third-order valence-corrected chi connectivity index (χ3v) is 4.71. The number of hydrogen-bond donors (Lipinski definition) is 1. The van der Waals surface area contributed by atoms with Crippen LogP contribution in [0.4, 0.5) is 4.39 Å². The van der Waals surface area contributed by atoms with Crippen molar-refractivity contribution in [1.82, 2.24) is 0 Å². The van der Waals surface area contributed by atoms with E-state index in [4.69, 9.17) is 5.11 Å². The van der Waals surface area contributed by atoms with Crippen molar-refractivity contribution >= 4 is 28.5 Å². The lowest BCUT2D eigenvalue weighted by molar-refractivity contribution is -0.136. The van der Waals surface area contributed by atoms with Crippen molar-refractivity contribution < 1.29 is 14.3 Å². The molecule has 0 radical (unpaired) electrons. The van der Waals surface area contributed by atoms with E-state index in [1.165, 1.54) is 17.0 Å². The Hall–Kier alpha value is -2.33. The van der Waals surface area contributed by atoms with Crippen LogP contribution in [0.3, 0.4) is 0 Å². The van der Waals surface area contributed by atoms with Crippen LogP contribution >= 0.6 is 11.8 Å². The molecule has 1 N–H and O–H groups in total. The van der Waals surface area contributed by atoms with Gasteiger partial charge in [0.05, 0.1) is 6.42 Å². The highest BCUT2D eigenvalue weighted by Crippen LogP contribution is 2.26. The quantitative estimate of drug-likeness (QED) is 0.670. The van der Waals surface area contributed by atoms with Gasteiger partial charge < -0.3 is 5.11 Å². The van der Waals surface area contributed by atoms with Gasteiger partial charge in [0.15, 0.2) is 0 Å². The molecule has 0 atom stereocenters. The van der Waals surface area contributed by atoms with Crippen LogP contribution < -0.4 is 0 Å². The number of benzene rings is 3. The Balaban J connectivity index is 2.05. The lowest BCUT2D eigenvalue weighted by Crippen LogP contribution is -2.01. The molecule has 24 heavy (non-hydrogen) atoms. The Morgan fingerprint density at radius 2 is 1.79 bits per heavy atom. The fourth-order valence-corrected chi connectivity index (χ4v) is 3.27. The van der Waals surface area contributed by atoms with E-state index < -0.39 is 5.97 Å². The minimum absolute atomic E-state index is 0.0360. The van der Waals surface area contributed by atoms with E-state index in [1.54, 1.807) is 17.8 Å². The number of carbonyl (C=O) groups is 1. The zero-order valence-electron chi connectivity index (χ0n) is 13.3. The van der Waals surface area contributed by atoms with Crippen molar-refractivity contribution in [3.8, 4) is 0 Å². The molecular weight excluding hydrogens is 323 g/mol. The van der Waals surface area contributed by atoms with Crippen molar-refractivity contribution in [3.05, 3.63) is 77.1 Å². The van der Waals surface area contributed by atoms with Crippen LogP contribution in [0.15, 0.2) is 59.5 Å². The zero-order valence-corrected chi connectivity index (χ0v) is 14.1. The molecule has 0 saturated heterocycles. The highest BCUT2D eigenvalue weighted by Gasteiger charge is 2.09. The van der Waals surface area contributed by atoms with Crippen LogP contribution in [0.5, 0.6) is 0 Å². The zero-order chi connectivity index (χ0) is 17.1. The van der Waals surface area contributed by atoms with E-state index in [9.17, 15) is 9.18 Å². The first kappa shape index (κ1) is 16.5. The van der Waals surface area contributed by atoms with Gasteiger partial charge in [-0.1, -0.05) is 30.3 Å². The van der Waals surface area contributed by atoms with Crippen LogP contribution in [-0.2, 0) is 17.6 Å². The number of carboxylic acids is 1. The molecule has 0 aromatic heterocycles. The monoisotopic (exact) mass is 340 g/mol. The van der Waals surface area contributed by atoms with Gasteiger partial charge in [-0.15, -0.1) is 11.8 Å². The normalized spacial score (nSPS) is 10.9. The number of rotatable bonds is 5. The van der Waals surface area contributed by atoms with Crippen molar-refractivity contribution in [2.45, 2.75) is 17.7 Å². The Kier molecular flexibility index (Phi) is 4.86. The van der Waals surface area contributed by atoms with Gasteiger partial charge in [0.1, 0.15) is 5.82 Å². The molecular formula is C20H17FO2S. The topological polar surface area (TPSA) is 37.3 Å². The minimum Gasteiger partial charge on any atom is -0.481 e. The van der Waals surface area contributed by atoms with E-state index in [0.29, 0.717) is 6.42 Å². The second-order valence-corrected chi connectivity index (χ2v) is 6.60. The summed E-state index contributed by atoms with van der Waals surface area (Å²) in [4.78, 5) is 12.2. The molecule has 0 spiro atoms. The first-order valence-corrected chi connectivity index (χ1v) is 8.83. The average Bonchev–Trinajstić information content (AvgIpc) is 2.55. The average molecular weight is 340 g/mol. The molecule has 3 rings (SSSR count). The maximum atomic E-state index is 13.7. The van der Waals surface area contributed by atoms with E-state index in [-0.39, 0.29) is 12.2 Å². The first-order valence-electron chi connectivity index (χ1n) is 7.61. The smallest absolute Gasteiger partial charge is 0.307 e. The lowest BCUT2D eigenvalue weighted by Gasteiger charge is -2.11. The van der Waals surface area contributed by atoms with Crippen molar-refractivity contribution in [2.24, 2.45) is 0 Å². The predicted molar refractivity (Wildman–Crippen MR) is 96.3 cm³/mol. The second-order valence-electron chi connectivity index (χ2n) is 5.72. The third kappa shape index (κ3) is 3.77. The molecule has 0 heterocycles. The van der Waals surface area contributed by atoms with E-state index >= 15 is 0 Å². The Morgan fingerprint density at radius 3 is 2.46 bits per heavy atom. The fourth-order valence-electron chi connectivity index (χ4n) is 2.86. The number of hydrogen-bond acceptors (Lipinski definition) is 2. The lowest BCUT2D eigenvalue weighted by atomic mass is 9.95. The highest BCUT2D eigenvalue weighted by atomic mass is 32.2. The summed E-state index contributed by atoms with van der Waals surface area (Å²) in [6, 6.07) is 16.6. The highest BCUT2D eigenvalue weighted by molar-refractivity contribution is 7.98. The summed E-state index contributed by atoms with van der Waals surface area (Å²) < 4.78 is 13.7. The number of thioether (sulfide) groups is 1. The third-order valence-electron chi connectivity index (χ3n) is 3.97. The van der Waals surface area contributed by atoms with Crippen LogP contribution in [0.25, 0.3) is 10.8 Å². The van der Waals surface area contributed by atoms with E-state index in [1.807, 2.05) is 18.4 Å². The Labute approximate surface area is 144 Å². The SMILES string of the molecule is CSc1ccc(Cc2cc(CC(=O)O)cc3ccc(F)cc23)cc1. The molecule has 0 unspecified atom stereocenters. The van der Waals surface area contributed by atoms with Gasteiger partial charge >= 0.3 is 5.97 Å². The molecule has 0 amide bonds. The molecule has 0 aliphatic carbocycles. The van der Waals surface area contributed by atoms with Crippen LogP contribution in [0, 0.1) is 5.82 Å². The van der Waals surface area contributed by atoms with Crippen molar-refractivity contribution in [1.29, 1.82) is 0 Å². The molecule has 2 nitrogen and oxygen atoms in total. The molecule has 0 aliphatic heterocycles. The largest absolute Gasteiger partial charge is 0.481 e. The first-order chi connectivity index (χ1) is 11.5. The maximum Gasteiger partial charge on any atom is 0.307 e. The van der Waals surface area contributed by atoms with E-state index in [0.717, 1.165) is 27.5 Å². The molecule has 0 saturated carbocycles. The number of carboxylic acid groups (broad SMARTS) is 1. The molecule has 3 aromatic carbocycles. The van der Waals surface area contributed by atoms with Crippen LogP contribution in [-0.4, -0.2) is 17.3 Å². The van der Waals surface area contributed by atoms with Gasteiger partial charge in [0.25, 0.3) is 0 Å². The number of aliphatic carboxylic acids is 1. The number of fused-ring (bicyclic) bond motifs is 1. The van der Waals surface area contributed by atoms with Gasteiger partial charge in [-0.25, -0.2) is 4.39 Å². The minimum atomic E-state index is -0.869. The summed E-state index contributed by atoms with van der Waals surface area (Å²) in [7, 11) is 0. The van der Waals surface area contributed by atoms with E-state index in [2.05, 4.69) is 24.3 Å². The summed E-state index contributed by atoms with van der Waals surface area (Å²) >= 11 is 1.68. The summed E-state index contributed by atoms with van der Waals surface area (Å²) in [5, 5.41) is 10.8. The van der Waals surface area contributed by atoms with Gasteiger partial charge in [-0.3, -0.25) is 4.79 Å². The van der Waals surface area contributed by atoms with Gasteiger partial charge in [0, 0.05) is 4.90 Å². The summed E-state index contributed by atoms with van der Waals surface area (Å²) in [6.07, 6.45) is 2.63. The Morgan fingerprint density at radius 1 is 1.04 bits per heavy atom. The van der Waals surface area contributed by atoms with Gasteiger partial charge in [-0.2, -0.15) is 0 Å². The van der Waals surface area contributed by atoms with Crippen molar-refractivity contribution in [3.63, 3.8) is 0 Å². The summed E-state index contributed by atoms with van der Waals surface area (Å²) in [6.45, 7) is 0. The second kappa shape index (κ2) is 7.05. The van der Waals surface area contributed by atoms with Gasteiger partial charge in [0.2, 0.25) is 0 Å². The maximum absolute atomic E-state index is 13.7. The molecule has 3 aromatic rings. The predicted octanol–water partition coefficient (Wildman–Crippen LogP) is 4.92. The Bertz CT molecular complexity index is 888. The van der Waals surface area contributed by atoms with Crippen LogP contribution in [0.1, 0.15) is 16.7 Å². The molecule has 0 aliphatic rings. The summed E-state index contributed by atoms with van der Waals surface area (Å²) in [5.74, 6) is -1.15. The molecule has 0 bridgehead atoms. The fraction of sp³-hybridized carbons (Fsp3) is 0.150. The molecule has 0 fully saturated rings.